The fraction of sp³-hybridized carbons (Fsp3) is 0.222. The summed E-state index contributed by atoms with van der Waals surface area (Å²) in [5.74, 6) is -1.69. The van der Waals surface area contributed by atoms with Crippen LogP contribution in [0.3, 0.4) is 0 Å². The van der Waals surface area contributed by atoms with Crippen LogP contribution in [0.15, 0.2) is 24.3 Å². The summed E-state index contributed by atoms with van der Waals surface area (Å²) in [5, 5.41) is 9.11. The summed E-state index contributed by atoms with van der Waals surface area (Å²) in [6.07, 6.45) is 0. The van der Waals surface area contributed by atoms with Crippen LogP contribution >= 0.6 is 0 Å². The van der Waals surface area contributed by atoms with Gasteiger partial charge >= 0.3 is 5.97 Å². The average molecular weight is 245 g/mol. The van der Waals surface area contributed by atoms with Gasteiger partial charge in [-0.15, -0.1) is 0 Å². The Balaban J connectivity index is 2.77. The minimum absolute atomic E-state index is 0.0710. The molecule has 0 aliphatic rings. The maximum absolute atomic E-state index is 11.4. The topological polar surface area (TPSA) is 92.7 Å². The lowest BCUT2D eigenvalue weighted by atomic mass is 10.3. The number of hydrogen-bond donors (Lipinski definition) is 2. The number of hydrogen-bond acceptors (Lipinski definition) is 5. The second kappa shape index (κ2) is 4.84. The normalized spacial score (nSPS) is 10.8. The molecule has 0 atom stereocenters. The Hall–Kier alpha value is -1.76. The maximum Gasteiger partial charge on any atom is 0.322 e. The number of rotatable bonds is 4. The molecule has 1 aromatic carbocycles. The third kappa shape index (κ3) is 3.77. The number of benzene rings is 1. The third-order valence-corrected chi connectivity index (χ3v) is 2.82. The number of phenols is 1. The standard InChI is InChI=1S/C9H11NO5S/c1-15-9(12)6-16(13,14)10-7-3-2-4-8(11)5-7/h2-5,10-11H,6H2,1H3. The molecule has 0 fully saturated rings. The van der Waals surface area contributed by atoms with Crippen LogP contribution in [0, 0.1) is 0 Å². The van der Waals surface area contributed by atoms with Gasteiger partial charge in [0.05, 0.1) is 12.8 Å². The molecule has 0 saturated carbocycles. The monoisotopic (exact) mass is 245 g/mol. The Labute approximate surface area is 92.9 Å². The van der Waals surface area contributed by atoms with Crippen LogP contribution in [-0.2, 0) is 19.6 Å². The minimum Gasteiger partial charge on any atom is -0.508 e. The number of ether oxygens (including phenoxy) is 1. The first-order valence-corrected chi connectivity index (χ1v) is 5.94. The zero-order valence-electron chi connectivity index (χ0n) is 8.50. The molecule has 7 heteroatoms. The lowest BCUT2D eigenvalue weighted by molar-refractivity contribution is -0.137. The molecule has 0 bridgehead atoms. The first-order chi connectivity index (χ1) is 7.43. The van der Waals surface area contributed by atoms with Gasteiger partial charge in [0, 0.05) is 6.07 Å². The zero-order valence-corrected chi connectivity index (χ0v) is 9.32. The lowest BCUT2D eigenvalue weighted by Crippen LogP contribution is -2.23. The Morgan fingerprint density at radius 2 is 2.19 bits per heavy atom. The van der Waals surface area contributed by atoms with Gasteiger partial charge in [0.1, 0.15) is 5.75 Å². The van der Waals surface area contributed by atoms with E-state index in [0.29, 0.717) is 0 Å². The van der Waals surface area contributed by atoms with Crippen molar-refractivity contribution < 1.29 is 23.1 Å². The van der Waals surface area contributed by atoms with Crippen LogP contribution in [0.25, 0.3) is 0 Å². The molecule has 1 aromatic rings. The SMILES string of the molecule is COC(=O)CS(=O)(=O)Nc1cccc(O)c1. The molecular formula is C9H11NO5S. The van der Waals surface area contributed by atoms with E-state index in [9.17, 15) is 13.2 Å². The van der Waals surface area contributed by atoms with Crippen LogP contribution in [0.4, 0.5) is 5.69 Å². The minimum atomic E-state index is -3.80. The largest absolute Gasteiger partial charge is 0.508 e. The molecular weight excluding hydrogens is 234 g/mol. The van der Waals surface area contributed by atoms with Crippen LogP contribution in [-0.4, -0.2) is 32.4 Å². The number of aromatic hydroxyl groups is 1. The van der Waals surface area contributed by atoms with Crippen molar-refractivity contribution in [2.75, 3.05) is 17.6 Å². The second-order valence-corrected chi connectivity index (χ2v) is 4.71. The molecule has 0 aliphatic heterocycles. The molecule has 0 amide bonds. The fourth-order valence-electron chi connectivity index (χ4n) is 0.999. The van der Waals surface area contributed by atoms with E-state index >= 15 is 0 Å². The molecule has 0 heterocycles. The smallest absolute Gasteiger partial charge is 0.322 e. The molecule has 2 N–H and O–H groups in total. The van der Waals surface area contributed by atoms with E-state index in [0.717, 1.165) is 7.11 Å². The molecule has 1 rings (SSSR count). The van der Waals surface area contributed by atoms with Crippen molar-refractivity contribution >= 4 is 21.7 Å². The van der Waals surface area contributed by atoms with Crippen molar-refractivity contribution in [3.8, 4) is 5.75 Å². The summed E-state index contributed by atoms with van der Waals surface area (Å²) in [6.45, 7) is 0. The van der Waals surface area contributed by atoms with Gasteiger partial charge in [-0.05, 0) is 12.1 Å². The summed E-state index contributed by atoms with van der Waals surface area (Å²) in [4.78, 5) is 10.8. The lowest BCUT2D eigenvalue weighted by Gasteiger charge is -2.06. The second-order valence-electron chi connectivity index (χ2n) is 2.99. The van der Waals surface area contributed by atoms with Crippen LogP contribution in [0.2, 0.25) is 0 Å². The summed E-state index contributed by atoms with van der Waals surface area (Å²) >= 11 is 0. The Morgan fingerprint density at radius 1 is 1.50 bits per heavy atom. The third-order valence-electron chi connectivity index (χ3n) is 1.66. The van der Waals surface area contributed by atoms with E-state index in [1.165, 1.54) is 24.3 Å². The van der Waals surface area contributed by atoms with Crippen molar-refractivity contribution in [3.05, 3.63) is 24.3 Å². The summed E-state index contributed by atoms with van der Waals surface area (Å²) in [6, 6.07) is 5.56. The first-order valence-electron chi connectivity index (χ1n) is 4.29. The molecule has 0 aromatic heterocycles. The van der Waals surface area contributed by atoms with E-state index in [4.69, 9.17) is 5.11 Å². The van der Waals surface area contributed by atoms with Crippen molar-refractivity contribution in [1.82, 2.24) is 0 Å². The number of carbonyl (C=O) groups is 1. The highest BCUT2D eigenvalue weighted by Crippen LogP contribution is 2.16. The highest BCUT2D eigenvalue weighted by atomic mass is 32.2. The summed E-state index contributed by atoms with van der Waals surface area (Å²) in [5.41, 5.74) is 0.184. The predicted molar refractivity (Wildman–Crippen MR) is 57.5 cm³/mol. The quantitative estimate of drug-likeness (QED) is 0.744. The van der Waals surface area contributed by atoms with Gasteiger partial charge in [0.25, 0.3) is 0 Å². The highest BCUT2D eigenvalue weighted by Gasteiger charge is 2.16. The van der Waals surface area contributed by atoms with E-state index in [-0.39, 0.29) is 11.4 Å². The number of sulfonamides is 1. The Kier molecular flexibility index (Phi) is 3.73. The number of methoxy groups -OCH3 is 1. The molecule has 88 valence electrons. The molecule has 0 unspecified atom stereocenters. The Bertz CT molecular complexity index is 482. The maximum atomic E-state index is 11.4. The molecule has 0 aliphatic carbocycles. The number of phenolic OH excluding ortho intramolecular Hbond substituents is 1. The van der Waals surface area contributed by atoms with Gasteiger partial charge < -0.3 is 9.84 Å². The highest BCUT2D eigenvalue weighted by molar-refractivity contribution is 7.93. The molecule has 0 radical (unpaired) electrons. The average Bonchev–Trinajstić information content (AvgIpc) is 2.15. The van der Waals surface area contributed by atoms with Crippen molar-refractivity contribution in [2.45, 2.75) is 0 Å². The van der Waals surface area contributed by atoms with Gasteiger partial charge in [-0.3, -0.25) is 9.52 Å². The van der Waals surface area contributed by atoms with Crippen molar-refractivity contribution in [1.29, 1.82) is 0 Å². The summed E-state index contributed by atoms with van der Waals surface area (Å²) in [7, 11) is -2.70. The van der Waals surface area contributed by atoms with Crippen molar-refractivity contribution in [2.24, 2.45) is 0 Å². The van der Waals surface area contributed by atoms with Gasteiger partial charge in [0.15, 0.2) is 5.75 Å². The van der Waals surface area contributed by atoms with Crippen LogP contribution in [0.1, 0.15) is 0 Å². The fourth-order valence-corrected chi connectivity index (χ4v) is 1.99. The zero-order chi connectivity index (χ0) is 12.2. The van der Waals surface area contributed by atoms with E-state index in [1.54, 1.807) is 0 Å². The van der Waals surface area contributed by atoms with Gasteiger partial charge in [-0.2, -0.15) is 0 Å². The first kappa shape index (κ1) is 12.3. The van der Waals surface area contributed by atoms with Gasteiger partial charge in [0.2, 0.25) is 10.0 Å². The van der Waals surface area contributed by atoms with E-state index in [1.807, 2.05) is 0 Å². The van der Waals surface area contributed by atoms with E-state index in [2.05, 4.69) is 9.46 Å². The molecule has 6 nitrogen and oxygen atoms in total. The number of esters is 1. The Morgan fingerprint density at radius 3 is 2.75 bits per heavy atom. The van der Waals surface area contributed by atoms with Crippen LogP contribution < -0.4 is 4.72 Å². The number of carbonyl (C=O) groups excluding carboxylic acids is 1. The van der Waals surface area contributed by atoms with Crippen LogP contribution in [0.5, 0.6) is 5.75 Å². The summed E-state index contributed by atoms with van der Waals surface area (Å²) < 4.78 is 29.1. The number of nitrogens with one attached hydrogen (secondary N) is 1. The molecule has 0 spiro atoms. The predicted octanol–water partition coefficient (Wildman–Crippen LogP) is 0.307. The van der Waals surface area contributed by atoms with Gasteiger partial charge in [-0.25, -0.2) is 8.42 Å². The van der Waals surface area contributed by atoms with Gasteiger partial charge in [-0.1, -0.05) is 6.07 Å². The molecule has 16 heavy (non-hydrogen) atoms. The van der Waals surface area contributed by atoms with Crippen molar-refractivity contribution in [3.63, 3.8) is 0 Å². The number of anilines is 1. The molecule has 0 saturated heterocycles. The van der Waals surface area contributed by atoms with E-state index < -0.39 is 21.7 Å².